The molecule has 0 aliphatic rings. The van der Waals surface area contributed by atoms with E-state index < -0.39 is 0 Å². The summed E-state index contributed by atoms with van der Waals surface area (Å²) in [6, 6.07) is 21.1. The molecule has 22 heavy (non-hydrogen) atoms. The lowest BCUT2D eigenvalue weighted by Crippen LogP contribution is -2.26. The van der Waals surface area contributed by atoms with Crippen LogP contribution in [-0.2, 0) is 13.1 Å². The van der Waals surface area contributed by atoms with Crippen LogP contribution < -0.4 is 0 Å². The van der Waals surface area contributed by atoms with E-state index in [2.05, 4.69) is 72.5 Å². The van der Waals surface area contributed by atoms with Gasteiger partial charge >= 0.3 is 0 Å². The maximum absolute atomic E-state index is 5.66. The molecule has 0 spiro atoms. The number of rotatable bonds is 7. The van der Waals surface area contributed by atoms with Crippen LogP contribution in [0.25, 0.3) is 0 Å². The first-order valence-corrected chi connectivity index (χ1v) is 10.2. The van der Waals surface area contributed by atoms with Gasteiger partial charge in [0.1, 0.15) is 4.32 Å². The molecular weight excluding hydrogens is 326 g/mol. The van der Waals surface area contributed by atoms with Gasteiger partial charge < -0.3 is 4.90 Å². The lowest BCUT2D eigenvalue weighted by molar-refractivity contribution is 0.421. The van der Waals surface area contributed by atoms with Crippen molar-refractivity contribution >= 4 is 38.1 Å². The molecular formula is C18H21NS3. The van der Waals surface area contributed by atoms with Crippen molar-refractivity contribution < 1.29 is 0 Å². The second kappa shape index (κ2) is 9.93. The lowest BCUT2D eigenvalue weighted by Gasteiger charge is -2.24. The zero-order chi connectivity index (χ0) is 15.6. The van der Waals surface area contributed by atoms with Crippen LogP contribution >= 0.6 is 33.8 Å². The van der Waals surface area contributed by atoms with Crippen molar-refractivity contribution in [2.75, 3.05) is 5.75 Å². The molecule has 0 aromatic heterocycles. The maximum atomic E-state index is 5.66. The van der Waals surface area contributed by atoms with Gasteiger partial charge in [-0.1, -0.05) is 90.6 Å². The van der Waals surface area contributed by atoms with Crippen LogP contribution in [0.2, 0.25) is 0 Å². The fourth-order valence-corrected chi connectivity index (χ4v) is 4.54. The van der Waals surface area contributed by atoms with E-state index >= 15 is 0 Å². The predicted molar refractivity (Wildman–Crippen MR) is 105 cm³/mol. The van der Waals surface area contributed by atoms with Gasteiger partial charge in [-0.15, -0.1) is 0 Å². The summed E-state index contributed by atoms with van der Waals surface area (Å²) in [5.74, 6) is 1.13. The Morgan fingerprint density at radius 3 is 1.86 bits per heavy atom. The zero-order valence-corrected chi connectivity index (χ0v) is 15.2. The van der Waals surface area contributed by atoms with Crippen LogP contribution in [0.1, 0.15) is 24.5 Å². The Bertz CT molecular complexity index is 516. The Morgan fingerprint density at radius 1 is 0.909 bits per heavy atom. The van der Waals surface area contributed by atoms with Crippen LogP contribution in [0.5, 0.6) is 0 Å². The summed E-state index contributed by atoms with van der Waals surface area (Å²) in [5, 5.41) is 0. The summed E-state index contributed by atoms with van der Waals surface area (Å²) in [6.45, 7) is 3.91. The van der Waals surface area contributed by atoms with Crippen LogP contribution in [0.4, 0.5) is 0 Å². The Kier molecular flexibility index (Phi) is 7.85. The minimum absolute atomic E-state index is 0.855. The highest BCUT2D eigenvalue weighted by molar-refractivity contribution is 8.83. The molecule has 0 N–H and O–H groups in total. The second-order valence-electron chi connectivity index (χ2n) is 5.00. The van der Waals surface area contributed by atoms with Gasteiger partial charge in [0.2, 0.25) is 0 Å². The summed E-state index contributed by atoms with van der Waals surface area (Å²) in [6.07, 6.45) is 1.18. The SMILES string of the molecule is CCCSSC(=S)N(Cc1ccccc1)Cc1ccccc1. The largest absolute Gasteiger partial charge is 0.348 e. The average molecular weight is 348 g/mol. The molecule has 2 aromatic carbocycles. The molecule has 0 aliphatic heterocycles. The molecule has 0 fully saturated rings. The van der Waals surface area contributed by atoms with E-state index in [1.807, 2.05) is 10.8 Å². The molecule has 2 aromatic rings. The number of hydrogen-bond acceptors (Lipinski definition) is 3. The van der Waals surface area contributed by atoms with Crippen molar-refractivity contribution in [1.82, 2.24) is 4.90 Å². The highest BCUT2D eigenvalue weighted by Crippen LogP contribution is 2.27. The highest BCUT2D eigenvalue weighted by atomic mass is 33.1. The van der Waals surface area contributed by atoms with Crippen molar-refractivity contribution in [2.45, 2.75) is 26.4 Å². The molecule has 0 saturated carbocycles. The van der Waals surface area contributed by atoms with Gasteiger partial charge in [0.05, 0.1) is 0 Å². The number of nitrogens with zero attached hydrogens (tertiary/aromatic N) is 1. The van der Waals surface area contributed by atoms with E-state index in [0.717, 1.165) is 23.2 Å². The van der Waals surface area contributed by atoms with Crippen molar-refractivity contribution in [3.05, 3.63) is 71.8 Å². The van der Waals surface area contributed by atoms with Gasteiger partial charge in [-0.05, 0) is 28.3 Å². The monoisotopic (exact) mass is 347 g/mol. The summed E-state index contributed by atoms with van der Waals surface area (Å²) in [5.41, 5.74) is 2.59. The summed E-state index contributed by atoms with van der Waals surface area (Å²) in [4.78, 5) is 2.29. The van der Waals surface area contributed by atoms with E-state index in [1.165, 1.54) is 17.5 Å². The second-order valence-corrected chi connectivity index (χ2v) is 8.05. The Balaban J connectivity index is 2.04. The van der Waals surface area contributed by atoms with E-state index in [1.54, 1.807) is 10.8 Å². The molecule has 0 saturated heterocycles. The van der Waals surface area contributed by atoms with Crippen LogP contribution in [-0.4, -0.2) is 15.0 Å². The average Bonchev–Trinajstić information content (AvgIpc) is 2.56. The number of benzene rings is 2. The van der Waals surface area contributed by atoms with Gasteiger partial charge in [-0.3, -0.25) is 0 Å². The molecule has 4 heteroatoms. The van der Waals surface area contributed by atoms with Crippen molar-refractivity contribution in [3.8, 4) is 0 Å². The molecule has 0 bridgehead atoms. The molecule has 0 radical (unpaired) electrons. The minimum Gasteiger partial charge on any atom is -0.348 e. The third-order valence-corrected chi connectivity index (χ3v) is 6.35. The lowest BCUT2D eigenvalue weighted by atomic mass is 10.2. The van der Waals surface area contributed by atoms with Crippen LogP contribution in [0.3, 0.4) is 0 Å². The molecule has 1 nitrogen and oxygen atoms in total. The van der Waals surface area contributed by atoms with E-state index in [9.17, 15) is 0 Å². The van der Waals surface area contributed by atoms with Crippen molar-refractivity contribution in [1.29, 1.82) is 0 Å². The molecule has 0 amide bonds. The molecule has 0 aliphatic carbocycles. The fourth-order valence-electron chi connectivity index (χ4n) is 2.02. The van der Waals surface area contributed by atoms with Gasteiger partial charge in [0.25, 0.3) is 0 Å². The summed E-state index contributed by atoms with van der Waals surface area (Å²) < 4.78 is 0.964. The Morgan fingerprint density at radius 2 is 1.41 bits per heavy atom. The van der Waals surface area contributed by atoms with Gasteiger partial charge in [0, 0.05) is 18.8 Å². The van der Waals surface area contributed by atoms with Gasteiger partial charge in [0.15, 0.2) is 0 Å². The predicted octanol–water partition coefficient (Wildman–Crippen LogP) is 5.77. The third-order valence-electron chi connectivity index (χ3n) is 3.11. The van der Waals surface area contributed by atoms with E-state index in [-0.39, 0.29) is 0 Å². The molecule has 0 atom stereocenters. The topological polar surface area (TPSA) is 3.24 Å². The first kappa shape index (κ1) is 17.4. The van der Waals surface area contributed by atoms with Crippen LogP contribution in [0, 0.1) is 0 Å². The van der Waals surface area contributed by atoms with Crippen molar-refractivity contribution in [3.63, 3.8) is 0 Å². The summed E-state index contributed by atoms with van der Waals surface area (Å²) >= 11 is 5.66. The molecule has 0 heterocycles. The smallest absolute Gasteiger partial charge is 0.147 e. The normalized spacial score (nSPS) is 10.4. The fraction of sp³-hybridized carbons (Fsp3) is 0.278. The first-order valence-electron chi connectivity index (χ1n) is 7.46. The Labute approximate surface area is 146 Å². The van der Waals surface area contributed by atoms with Gasteiger partial charge in [-0.2, -0.15) is 0 Å². The third kappa shape index (κ3) is 6.03. The maximum Gasteiger partial charge on any atom is 0.147 e. The molecule has 0 unspecified atom stereocenters. The standard InChI is InChI=1S/C18H21NS3/c1-2-13-21-22-18(20)19(14-16-9-5-3-6-10-16)15-17-11-7-4-8-12-17/h3-12H,2,13-15H2,1H3. The number of thiocarbonyl (C=S) groups is 1. The summed E-state index contributed by atoms with van der Waals surface area (Å²) in [7, 11) is 3.57. The minimum atomic E-state index is 0.855. The van der Waals surface area contributed by atoms with E-state index in [4.69, 9.17) is 12.2 Å². The first-order chi connectivity index (χ1) is 10.8. The zero-order valence-electron chi connectivity index (χ0n) is 12.8. The van der Waals surface area contributed by atoms with Crippen LogP contribution in [0.15, 0.2) is 60.7 Å². The van der Waals surface area contributed by atoms with Gasteiger partial charge in [-0.25, -0.2) is 0 Å². The highest BCUT2D eigenvalue weighted by Gasteiger charge is 2.12. The molecule has 2 rings (SSSR count). The quantitative estimate of drug-likeness (QED) is 0.355. The molecule has 116 valence electrons. The van der Waals surface area contributed by atoms with E-state index in [0.29, 0.717) is 0 Å². The van der Waals surface area contributed by atoms with Crippen molar-refractivity contribution in [2.24, 2.45) is 0 Å². The Hall–Kier alpha value is -0.970. The number of hydrogen-bond donors (Lipinski definition) is 0.